The van der Waals surface area contributed by atoms with Gasteiger partial charge in [-0.25, -0.2) is 0 Å². The van der Waals surface area contributed by atoms with Crippen molar-refractivity contribution in [2.45, 2.75) is 61.7 Å². The normalized spacial score (nSPS) is 19.4. The summed E-state index contributed by atoms with van der Waals surface area (Å²) < 4.78 is 35.0. The van der Waals surface area contributed by atoms with Crippen molar-refractivity contribution in [2.75, 3.05) is 13.7 Å². The van der Waals surface area contributed by atoms with Gasteiger partial charge in [0.1, 0.15) is 24.1 Å². The van der Waals surface area contributed by atoms with Gasteiger partial charge in [0.15, 0.2) is 0 Å². The summed E-state index contributed by atoms with van der Waals surface area (Å²) in [6.45, 7) is 2.32. The molecule has 0 aliphatic carbocycles. The van der Waals surface area contributed by atoms with Crippen LogP contribution >= 0.6 is 23.1 Å². The Kier molecular flexibility index (Phi) is 13.5. The lowest BCUT2D eigenvalue weighted by Gasteiger charge is -2.46. The summed E-state index contributed by atoms with van der Waals surface area (Å²) in [6.07, 6.45) is -0.329. The molecule has 1 aliphatic rings. The van der Waals surface area contributed by atoms with E-state index in [2.05, 4.69) is 146 Å². The van der Waals surface area contributed by atoms with Crippen LogP contribution in [0.25, 0.3) is 10.1 Å². The van der Waals surface area contributed by atoms with Crippen molar-refractivity contribution in [2.24, 2.45) is 0 Å². The number of ether oxygens (including phenoxy) is 5. The fourth-order valence-corrected chi connectivity index (χ4v) is 10.2. The van der Waals surface area contributed by atoms with Gasteiger partial charge in [-0.15, -0.1) is 23.1 Å². The first-order valence-electron chi connectivity index (χ1n) is 19.6. The number of hydrogen-bond donors (Lipinski definition) is 0. The molecule has 1 aromatic heterocycles. The molecule has 0 N–H and O–H groups in total. The summed E-state index contributed by atoms with van der Waals surface area (Å²) >= 11 is 3.71. The predicted molar refractivity (Wildman–Crippen MR) is 233 cm³/mol. The maximum absolute atomic E-state index is 7.10. The number of fused-ring (bicyclic) bond motifs is 1. The summed E-state index contributed by atoms with van der Waals surface area (Å²) in [4.78, 5) is 1.30. The summed E-state index contributed by atoms with van der Waals surface area (Å²) in [5.41, 5.74) is 6.76. The van der Waals surface area contributed by atoms with Crippen LogP contribution in [0.1, 0.15) is 43.5 Å². The van der Waals surface area contributed by atoms with Gasteiger partial charge in [-0.05, 0) is 57.0 Å². The highest BCUT2D eigenvalue weighted by Crippen LogP contribution is 2.48. The van der Waals surface area contributed by atoms with E-state index in [4.69, 9.17) is 23.7 Å². The van der Waals surface area contributed by atoms with Crippen LogP contribution < -0.4 is 4.74 Å². The first kappa shape index (κ1) is 39.1. The third-order valence-electron chi connectivity index (χ3n) is 10.4. The standard InChI is InChI=1S/C50H48O5S2/c1-51-44-27-26-41(28-42(44)30-43-29-40-24-14-15-25-45(40)56-43)50-49(55-34-39-22-12-5-13-23-39)48(54-33-38-20-10-4-11-21-38)47(53-32-37-18-8-3-9-19-37)46(57-50)35-52-31-36-16-6-2-7-17-36/h2-29,46-50H,30-35H2,1H3/t46-,47-,48+,49-,50+/m1/s1. The molecule has 0 amide bonds. The minimum atomic E-state index is -0.414. The summed E-state index contributed by atoms with van der Waals surface area (Å²) in [5, 5.41) is 1.11. The Morgan fingerprint density at radius 3 is 1.61 bits per heavy atom. The van der Waals surface area contributed by atoms with E-state index in [0.717, 1.165) is 45.6 Å². The van der Waals surface area contributed by atoms with Crippen molar-refractivity contribution in [3.05, 3.63) is 208 Å². The van der Waals surface area contributed by atoms with Gasteiger partial charge in [0.25, 0.3) is 0 Å². The van der Waals surface area contributed by atoms with E-state index in [0.29, 0.717) is 33.0 Å². The molecular formula is C50H48O5S2. The zero-order valence-corrected chi connectivity index (χ0v) is 33.8. The Bertz CT molecular complexity index is 2230. The van der Waals surface area contributed by atoms with Gasteiger partial charge in [-0.1, -0.05) is 152 Å². The van der Waals surface area contributed by atoms with Crippen LogP contribution in [0, 0.1) is 0 Å². The third-order valence-corrected chi connectivity index (χ3v) is 13.1. The molecule has 6 aromatic carbocycles. The lowest BCUT2D eigenvalue weighted by molar-refractivity contribution is -0.160. The molecule has 7 aromatic rings. The van der Waals surface area contributed by atoms with Crippen molar-refractivity contribution in [3.63, 3.8) is 0 Å². The number of methoxy groups -OCH3 is 1. The van der Waals surface area contributed by atoms with E-state index >= 15 is 0 Å². The van der Waals surface area contributed by atoms with Crippen LogP contribution in [0.4, 0.5) is 0 Å². The van der Waals surface area contributed by atoms with Gasteiger partial charge in [-0.3, -0.25) is 0 Å². The molecule has 5 nitrogen and oxygen atoms in total. The van der Waals surface area contributed by atoms with E-state index < -0.39 is 6.10 Å². The molecule has 1 fully saturated rings. The zero-order valence-electron chi connectivity index (χ0n) is 32.2. The van der Waals surface area contributed by atoms with Gasteiger partial charge >= 0.3 is 0 Å². The Labute approximate surface area is 344 Å². The molecule has 1 saturated heterocycles. The highest BCUT2D eigenvalue weighted by molar-refractivity contribution is 8.00. The van der Waals surface area contributed by atoms with Crippen molar-refractivity contribution >= 4 is 33.2 Å². The number of hydrogen-bond acceptors (Lipinski definition) is 7. The van der Waals surface area contributed by atoms with Gasteiger partial charge in [0.05, 0.1) is 50.6 Å². The SMILES string of the molecule is COc1ccc([C@@H]2S[C@H](COCc3ccccc3)[C@@H](OCc3ccccc3)[C@H](OCc3ccccc3)[C@H]2OCc2ccccc2)cc1Cc1cc2ccccc2s1. The average molecular weight is 793 g/mol. The first-order chi connectivity index (χ1) is 28.2. The largest absolute Gasteiger partial charge is 0.496 e. The van der Waals surface area contributed by atoms with Gasteiger partial charge in [-0.2, -0.15) is 0 Å². The van der Waals surface area contributed by atoms with E-state index in [-0.39, 0.29) is 22.7 Å². The second-order valence-electron chi connectivity index (χ2n) is 14.4. The lowest BCUT2D eigenvalue weighted by atomic mass is 9.94. The Hall–Kier alpha value is -4.73. The molecule has 0 unspecified atom stereocenters. The molecule has 57 heavy (non-hydrogen) atoms. The third kappa shape index (κ3) is 10.2. The monoisotopic (exact) mass is 792 g/mol. The molecule has 0 saturated carbocycles. The number of thiophene rings is 1. The minimum Gasteiger partial charge on any atom is -0.496 e. The highest BCUT2D eigenvalue weighted by atomic mass is 32.2. The van der Waals surface area contributed by atoms with Crippen LogP contribution in [0.2, 0.25) is 0 Å². The van der Waals surface area contributed by atoms with Crippen molar-refractivity contribution in [1.82, 2.24) is 0 Å². The molecule has 0 spiro atoms. The van der Waals surface area contributed by atoms with Crippen molar-refractivity contribution in [3.8, 4) is 5.75 Å². The van der Waals surface area contributed by atoms with E-state index in [1.54, 1.807) is 7.11 Å². The highest BCUT2D eigenvalue weighted by Gasteiger charge is 2.48. The topological polar surface area (TPSA) is 46.2 Å². The zero-order chi connectivity index (χ0) is 38.7. The molecule has 2 heterocycles. The maximum atomic E-state index is 7.10. The van der Waals surface area contributed by atoms with Gasteiger partial charge in [0, 0.05) is 16.0 Å². The molecule has 0 radical (unpaired) electrons. The smallest absolute Gasteiger partial charge is 0.122 e. The fraction of sp³-hybridized carbons (Fsp3) is 0.240. The summed E-state index contributed by atoms with van der Waals surface area (Å²) in [7, 11) is 1.76. The predicted octanol–water partition coefficient (Wildman–Crippen LogP) is 11.6. The average Bonchev–Trinajstić information content (AvgIpc) is 3.68. The number of benzene rings is 6. The maximum Gasteiger partial charge on any atom is 0.122 e. The molecule has 8 rings (SSSR count). The van der Waals surface area contributed by atoms with Gasteiger partial charge < -0.3 is 23.7 Å². The lowest BCUT2D eigenvalue weighted by Crippen LogP contribution is -2.54. The summed E-state index contributed by atoms with van der Waals surface area (Å²) in [6, 6.07) is 59.0. The molecule has 290 valence electrons. The molecule has 1 aliphatic heterocycles. The number of rotatable bonds is 17. The first-order valence-corrected chi connectivity index (χ1v) is 21.3. The fourth-order valence-electron chi connectivity index (χ4n) is 7.48. The van der Waals surface area contributed by atoms with E-state index in [1.807, 2.05) is 47.4 Å². The second-order valence-corrected chi connectivity index (χ2v) is 16.9. The summed E-state index contributed by atoms with van der Waals surface area (Å²) in [5.74, 6) is 0.877. The van der Waals surface area contributed by atoms with Crippen molar-refractivity contribution in [1.29, 1.82) is 0 Å². The van der Waals surface area contributed by atoms with E-state index in [9.17, 15) is 0 Å². The van der Waals surface area contributed by atoms with Crippen molar-refractivity contribution < 1.29 is 23.7 Å². The Morgan fingerprint density at radius 2 is 1.04 bits per heavy atom. The van der Waals surface area contributed by atoms with Crippen LogP contribution in [0.3, 0.4) is 0 Å². The quantitative estimate of drug-likeness (QED) is 0.0915. The molecule has 5 atom stereocenters. The van der Waals surface area contributed by atoms with Gasteiger partial charge in [0.2, 0.25) is 0 Å². The van der Waals surface area contributed by atoms with Crippen LogP contribution in [0.15, 0.2) is 170 Å². The minimum absolute atomic E-state index is 0.0621. The number of thioether (sulfide) groups is 1. The van der Waals surface area contributed by atoms with E-state index in [1.165, 1.54) is 15.0 Å². The Morgan fingerprint density at radius 1 is 0.509 bits per heavy atom. The van der Waals surface area contributed by atoms with Crippen LogP contribution in [-0.4, -0.2) is 37.3 Å². The molecule has 7 heteroatoms. The Balaban J connectivity index is 1.17. The van der Waals surface area contributed by atoms with Crippen LogP contribution in [0.5, 0.6) is 5.75 Å². The van der Waals surface area contributed by atoms with Crippen LogP contribution in [-0.2, 0) is 51.8 Å². The second kappa shape index (κ2) is 19.6. The molecular weight excluding hydrogens is 745 g/mol. The molecule has 0 bridgehead atoms.